The van der Waals surface area contributed by atoms with Gasteiger partial charge in [0, 0.05) is 12.5 Å². The molecule has 2 aliphatic carbocycles. The van der Waals surface area contributed by atoms with Gasteiger partial charge in [0.05, 0.1) is 0 Å². The van der Waals surface area contributed by atoms with Crippen LogP contribution in [0.15, 0.2) is 0 Å². The van der Waals surface area contributed by atoms with Gasteiger partial charge in [-0.1, -0.05) is 0 Å². The summed E-state index contributed by atoms with van der Waals surface area (Å²) in [5.74, 6) is 1.76. The average molecular weight is 210 g/mol. The number of nitrogens with two attached hydrogens (primary N) is 1. The van der Waals surface area contributed by atoms with Crippen LogP contribution in [0.5, 0.6) is 0 Å². The second kappa shape index (κ2) is 4.97. The minimum Gasteiger partial charge on any atom is -0.370 e. The van der Waals surface area contributed by atoms with Gasteiger partial charge in [0.25, 0.3) is 0 Å². The van der Waals surface area contributed by atoms with E-state index in [1.54, 1.807) is 0 Å². The molecule has 0 aliphatic heterocycles. The minimum absolute atomic E-state index is 0.170. The predicted molar refractivity (Wildman–Crippen MR) is 60.3 cm³/mol. The molecular weight excluding hydrogens is 188 g/mol. The Morgan fingerprint density at radius 2 is 1.80 bits per heavy atom. The Kier molecular flexibility index (Phi) is 3.62. The first-order chi connectivity index (χ1) is 7.27. The Morgan fingerprint density at radius 1 is 1.20 bits per heavy atom. The van der Waals surface area contributed by atoms with Crippen LogP contribution in [-0.4, -0.2) is 18.5 Å². The molecule has 2 aliphatic rings. The van der Waals surface area contributed by atoms with Crippen LogP contribution >= 0.6 is 0 Å². The first kappa shape index (κ1) is 10.9. The lowest BCUT2D eigenvalue weighted by Gasteiger charge is -2.17. The van der Waals surface area contributed by atoms with Gasteiger partial charge in [-0.3, -0.25) is 4.79 Å². The van der Waals surface area contributed by atoms with Crippen LogP contribution < -0.4 is 11.1 Å². The number of rotatable bonds is 8. The lowest BCUT2D eigenvalue weighted by Crippen LogP contribution is -2.33. The van der Waals surface area contributed by atoms with Crippen LogP contribution in [0.2, 0.25) is 0 Å². The van der Waals surface area contributed by atoms with Crippen LogP contribution in [0.25, 0.3) is 0 Å². The summed E-state index contributed by atoms with van der Waals surface area (Å²) in [4.78, 5) is 10.5. The molecule has 0 aromatic rings. The Hall–Kier alpha value is -0.570. The van der Waals surface area contributed by atoms with E-state index in [1.165, 1.54) is 25.7 Å². The van der Waals surface area contributed by atoms with Gasteiger partial charge in [-0.2, -0.15) is 0 Å². The number of nitrogens with one attached hydrogen (secondary N) is 1. The highest BCUT2D eigenvalue weighted by molar-refractivity contribution is 5.73. The van der Waals surface area contributed by atoms with Crippen LogP contribution in [0.3, 0.4) is 0 Å². The number of unbranched alkanes of at least 4 members (excludes halogenated alkanes) is 1. The maximum Gasteiger partial charge on any atom is 0.217 e. The van der Waals surface area contributed by atoms with E-state index in [1.807, 2.05) is 0 Å². The third-order valence-corrected chi connectivity index (χ3v) is 3.49. The van der Waals surface area contributed by atoms with Crippen molar-refractivity contribution in [2.75, 3.05) is 6.54 Å². The molecule has 15 heavy (non-hydrogen) atoms. The van der Waals surface area contributed by atoms with E-state index in [0.29, 0.717) is 6.42 Å². The molecule has 2 rings (SSSR count). The maximum absolute atomic E-state index is 10.5. The lowest BCUT2D eigenvalue weighted by molar-refractivity contribution is -0.118. The number of primary amides is 1. The van der Waals surface area contributed by atoms with Crippen molar-refractivity contribution in [3.8, 4) is 0 Å². The number of carbonyl (C=O) groups is 1. The van der Waals surface area contributed by atoms with E-state index in [-0.39, 0.29) is 5.91 Å². The third kappa shape index (κ3) is 3.82. The molecule has 86 valence electrons. The van der Waals surface area contributed by atoms with Crippen LogP contribution in [0, 0.1) is 11.8 Å². The van der Waals surface area contributed by atoms with Crippen molar-refractivity contribution in [3.63, 3.8) is 0 Å². The summed E-state index contributed by atoms with van der Waals surface area (Å²) in [6.07, 6.45) is 8.26. The fourth-order valence-corrected chi connectivity index (χ4v) is 2.32. The molecule has 3 N–H and O–H groups in total. The Morgan fingerprint density at radius 3 is 2.27 bits per heavy atom. The third-order valence-electron chi connectivity index (χ3n) is 3.49. The molecular formula is C12H22N2O. The van der Waals surface area contributed by atoms with Crippen molar-refractivity contribution in [1.29, 1.82) is 0 Å². The van der Waals surface area contributed by atoms with Gasteiger partial charge in [-0.05, 0) is 56.9 Å². The Labute approximate surface area is 91.8 Å². The molecule has 3 nitrogen and oxygen atoms in total. The number of hydrogen-bond acceptors (Lipinski definition) is 2. The van der Waals surface area contributed by atoms with Gasteiger partial charge < -0.3 is 11.1 Å². The highest BCUT2D eigenvalue weighted by Gasteiger charge is 2.40. The highest BCUT2D eigenvalue weighted by Crippen LogP contribution is 2.44. The fraction of sp³-hybridized carbons (Fsp3) is 0.917. The second-order valence-electron chi connectivity index (χ2n) is 5.08. The molecule has 0 heterocycles. The van der Waals surface area contributed by atoms with Crippen molar-refractivity contribution in [2.45, 2.75) is 51.0 Å². The van der Waals surface area contributed by atoms with Crippen LogP contribution in [0.1, 0.15) is 44.9 Å². The monoisotopic (exact) mass is 210 g/mol. The van der Waals surface area contributed by atoms with Crippen molar-refractivity contribution in [3.05, 3.63) is 0 Å². The smallest absolute Gasteiger partial charge is 0.217 e. The predicted octanol–water partition coefficient (Wildman–Crippen LogP) is 1.42. The zero-order chi connectivity index (χ0) is 10.7. The van der Waals surface area contributed by atoms with E-state index >= 15 is 0 Å². The summed E-state index contributed by atoms with van der Waals surface area (Å²) in [5.41, 5.74) is 5.09. The summed E-state index contributed by atoms with van der Waals surface area (Å²) in [6.45, 7) is 1.06. The molecule has 0 aromatic carbocycles. The fourth-order valence-electron chi connectivity index (χ4n) is 2.32. The topological polar surface area (TPSA) is 55.1 Å². The SMILES string of the molecule is NC(=O)CCCCNC(C1CC1)C1CC1. The maximum atomic E-state index is 10.5. The number of hydrogen-bond donors (Lipinski definition) is 2. The Balaban J connectivity index is 1.53. The normalized spacial score (nSPS) is 20.9. The zero-order valence-electron chi connectivity index (χ0n) is 9.37. The first-order valence-corrected chi connectivity index (χ1v) is 6.29. The summed E-state index contributed by atoms with van der Waals surface area (Å²) >= 11 is 0. The summed E-state index contributed by atoms with van der Waals surface area (Å²) < 4.78 is 0. The molecule has 2 fully saturated rings. The van der Waals surface area contributed by atoms with Crippen LogP contribution in [-0.2, 0) is 4.79 Å². The highest BCUT2D eigenvalue weighted by atomic mass is 16.1. The molecule has 0 saturated heterocycles. The molecule has 0 aromatic heterocycles. The van der Waals surface area contributed by atoms with E-state index in [0.717, 1.165) is 37.3 Å². The largest absolute Gasteiger partial charge is 0.370 e. The molecule has 0 spiro atoms. The van der Waals surface area contributed by atoms with Crippen LogP contribution in [0.4, 0.5) is 0 Å². The van der Waals surface area contributed by atoms with Gasteiger partial charge in [-0.25, -0.2) is 0 Å². The molecule has 1 amide bonds. The average Bonchev–Trinajstić information content (AvgIpc) is 3.00. The molecule has 0 radical (unpaired) electrons. The molecule has 0 bridgehead atoms. The van der Waals surface area contributed by atoms with E-state index in [9.17, 15) is 4.79 Å². The Bertz CT molecular complexity index is 210. The van der Waals surface area contributed by atoms with Gasteiger partial charge in [0.1, 0.15) is 0 Å². The summed E-state index contributed by atoms with van der Waals surface area (Å²) in [6, 6.07) is 0.790. The molecule has 3 heteroatoms. The van der Waals surface area contributed by atoms with E-state index < -0.39 is 0 Å². The lowest BCUT2D eigenvalue weighted by atomic mass is 10.1. The van der Waals surface area contributed by atoms with Gasteiger partial charge in [-0.15, -0.1) is 0 Å². The molecule has 0 unspecified atom stereocenters. The van der Waals surface area contributed by atoms with Gasteiger partial charge in [0.15, 0.2) is 0 Å². The second-order valence-corrected chi connectivity index (χ2v) is 5.08. The zero-order valence-corrected chi connectivity index (χ0v) is 9.37. The summed E-state index contributed by atoms with van der Waals surface area (Å²) in [7, 11) is 0. The molecule has 0 atom stereocenters. The quantitative estimate of drug-likeness (QED) is 0.595. The molecule has 2 saturated carbocycles. The van der Waals surface area contributed by atoms with E-state index in [4.69, 9.17) is 5.73 Å². The van der Waals surface area contributed by atoms with Crippen molar-refractivity contribution in [1.82, 2.24) is 5.32 Å². The first-order valence-electron chi connectivity index (χ1n) is 6.29. The minimum atomic E-state index is -0.170. The standard InChI is InChI=1S/C12H22N2O/c13-11(15)3-1-2-8-14-12(9-4-5-9)10-6-7-10/h9-10,12,14H,1-8H2,(H2,13,15). The van der Waals surface area contributed by atoms with E-state index in [2.05, 4.69) is 5.32 Å². The van der Waals surface area contributed by atoms with Gasteiger partial charge in [0.2, 0.25) is 5.91 Å². The van der Waals surface area contributed by atoms with Crippen molar-refractivity contribution >= 4 is 5.91 Å². The van der Waals surface area contributed by atoms with Gasteiger partial charge >= 0.3 is 0 Å². The number of amides is 1. The number of carbonyl (C=O) groups excluding carboxylic acids is 1. The van der Waals surface area contributed by atoms with Crippen molar-refractivity contribution < 1.29 is 4.79 Å². The van der Waals surface area contributed by atoms with Crippen molar-refractivity contribution in [2.24, 2.45) is 17.6 Å². The summed E-state index contributed by atoms with van der Waals surface area (Å²) in [5, 5.41) is 3.67.